The van der Waals surface area contributed by atoms with Crippen LogP contribution >= 0.6 is 0 Å². The van der Waals surface area contributed by atoms with E-state index in [1.54, 1.807) is 6.08 Å². The summed E-state index contributed by atoms with van der Waals surface area (Å²) in [5, 5.41) is 22.7. The lowest BCUT2D eigenvalue weighted by atomic mass is 10.0. The normalized spacial score (nSPS) is 13.5. The molecule has 0 aliphatic heterocycles. The minimum absolute atomic E-state index is 0.0766. The highest BCUT2D eigenvalue weighted by Crippen LogP contribution is 2.13. The van der Waals surface area contributed by atoms with Crippen molar-refractivity contribution in [1.82, 2.24) is 5.32 Å². The highest BCUT2D eigenvalue weighted by Gasteiger charge is 2.17. The molecular formula is C33H63NO3. The van der Waals surface area contributed by atoms with Crippen molar-refractivity contribution in [2.24, 2.45) is 0 Å². The van der Waals surface area contributed by atoms with Crippen LogP contribution < -0.4 is 5.32 Å². The number of unbranched alkanes of at least 4 members (excludes halogenated alkanes) is 19. The maximum atomic E-state index is 12.2. The van der Waals surface area contributed by atoms with E-state index in [4.69, 9.17) is 0 Å². The zero-order valence-corrected chi connectivity index (χ0v) is 24.7. The zero-order chi connectivity index (χ0) is 27.2. The second kappa shape index (κ2) is 29.4. The molecule has 0 aliphatic rings. The number of allylic oxidation sites excluding steroid dienone is 3. The van der Waals surface area contributed by atoms with Gasteiger partial charge in [-0.05, 0) is 32.1 Å². The summed E-state index contributed by atoms with van der Waals surface area (Å²) in [6.07, 6.45) is 35.3. The van der Waals surface area contributed by atoms with Crippen LogP contribution in [0, 0.1) is 0 Å². The number of carbonyl (C=O) groups excluding carboxylic acids is 1. The maximum absolute atomic E-state index is 12.2. The van der Waals surface area contributed by atoms with Crippen LogP contribution in [-0.4, -0.2) is 34.9 Å². The van der Waals surface area contributed by atoms with Gasteiger partial charge in [0.15, 0.2) is 0 Å². The van der Waals surface area contributed by atoms with Gasteiger partial charge < -0.3 is 15.5 Å². The van der Waals surface area contributed by atoms with Crippen molar-refractivity contribution < 1.29 is 15.0 Å². The van der Waals surface area contributed by atoms with Gasteiger partial charge in [0.2, 0.25) is 5.91 Å². The van der Waals surface area contributed by atoms with Crippen molar-refractivity contribution in [3.8, 4) is 0 Å². The molecule has 0 aromatic rings. The van der Waals surface area contributed by atoms with Gasteiger partial charge in [-0.1, -0.05) is 147 Å². The fraction of sp³-hybridized carbons (Fsp3) is 0.848. The Labute approximate surface area is 230 Å². The molecule has 4 nitrogen and oxygen atoms in total. The Kier molecular flexibility index (Phi) is 28.5. The van der Waals surface area contributed by atoms with E-state index in [0.29, 0.717) is 6.42 Å². The quantitative estimate of drug-likeness (QED) is 0.0711. The van der Waals surface area contributed by atoms with E-state index in [9.17, 15) is 15.0 Å². The molecule has 0 aliphatic carbocycles. The molecule has 218 valence electrons. The summed E-state index contributed by atoms with van der Waals surface area (Å²) >= 11 is 0. The number of aliphatic hydroxyl groups is 2. The molecule has 0 bridgehead atoms. The molecule has 0 aromatic carbocycles. The largest absolute Gasteiger partial charge is 0.394 e. The summed E-state index contributed by atoms with van der Waals surface area (Å²) in [7, 11) is 0. The molecule has 0 saturated carbocycles. The summed E-state index contributed by atoms with van der Waals surface area (Å²) in [4.78, 5) is 12.2. The molecule has 0 spiro atoms. The van der Waals surface area contributed by atoms with Gasteiger partial charge in [0, 0.05) is 6.42 Å². The third-order valence-corrected chi connectivity index (χ3v) is 7.19. The van der Waals surface area contributed by atoms with Crippen LogP contribution in [0.3, 0.4) is 0 Å². The number of aliphatic hydroxyl groups excluding tert-OH is 2. The molecule has 0 unspecified atom stereocenters. The Morgan fingerprint density at radius 2 is 1.05 bits per heavy atom. The van der Waals surface area contributed by atoms with E-state index in [2.05, 4.69) is 31.3 Å². The predicted octanol–water partition coefficient (Wildman–Crippen LogP) is 8.95. The van der Waals surface area contributed by atoms with Crippen molar-refractivity contribution in [1.29, 1.82) is 0 Å². The van der Waals surface area contributed by atoms with Gasteiger partial charge in [-0.3, -0.25) is 4.79 Å². The van der Waals surface area contributed by atoms with Crippen molar-refractivity contribution in [2.45, 2.75) is 174 Å². The van der Waals surface area contributed by atoms with Gasteiger partial charge >= 0.3 is 0 Å². The Balaban J connectivity index is 3.69. The van der Waals surface area contributed by atoms with Crippen LogP contribution in [0.5, 0.6) is 0 Å². The Hall–Kier alpha value is -1.13. The molecule has 0 fully saturated rings. The predicted molar refractivity (Wildman–Crippen MR) is 161 cm³/mol. The fourth-order valence-corrected chi connectivity index (χ4v) is 4.66. The van der Waals surface area contributed by atoms with E-state index >= 15 is 0 Å². The van der Waals surface area contributed by atoms with E-state index in [1.165, 1.54) is 109 Å². The van der Waals surface area contributed by atoms with Gasteiger partial charge in [-0.25, -0.2) is 0 Å². The van der Waals surface area contributed by atoms with Crippen LogP contribution in [0.15, 0.2) is 24.3 Å². The first-order chi connectivity index (χ1) is 18.2. The van der Waals surface area contributed by atoms with Gasteiger partial charge in [0.05, 0.1) is 18.8 Å². The molecule has 3 N–H and O–H groups in total. The van der Waals surface area contributed by atoms with Crippen LogP contribution in [0.25, 0.3) is 0 Å². The number of amides is 1. The first-order valence-corrected chi connectivity index (χ1v) is 16.1. The van der Waals surface area contributed by atoms with E-state index in [1.807, 2.05) is 6.08 Å². The first kappa shape index (κ1) is 35.9. The monoisotopic (exact) mass is 521 g/mol. The first-order valence-electron chi connectivity index (χ1n) is 16.1. The number of rotatable bonds is 28. The second-order valence-electron chi connectivity index (χ2n) is 10.9. The lowest BCUT2D eigenvalue weighted by Crippen LogP contribution is -2.45. The average Bonchev–Trinajstić information content (AvgIpc) is 2.90. The molecule has 0 radical (unpaired) electrons. The fourth-order valence-electron chi connectivity index (χ4n) is 4.66. The Morgan fingerprint density at radius 1 is 0.622 bits per heavy atom. The standard InChI is InChI=1S/C33H63NO3/c1-3-5-7-9-11-13-15-16-17-19-21-23-25-27-29-33(37)34-31(30-35)32(36)28-26-24-22-20-18-14-12-10-8-6-4-2/h18,20,26,28,31-32,35-36H,3-17,19,21-25,27,29-30H2,1-2H3,(H,34,37)/b20-18+,28-26+/t31-,32+/m0/s1. The molecule has 0 aromatic heterocycles. The molecule has 4 heteroatoms. The SMILES string of the molecule is CCCCCCC/C=C/CC/C=C/[C@@H](O)[C@H](CO)NC(=O)CCCCCCCCCCCCCCCC. The molecular weight excluding hydrogens is 458 g/mol. The smallest absolute Gasteiger partial charge is 0.220 e. The molecule has 1 amide bonds. The summed E-state index contributed by atoms with van der Waals surface area (Å²) < 4.78 is 0. The second-order valence-corrected chi connectivity index (χ2v) is 10.9. The zero-order valence-electron chi connectivity index (χ0n) is 24.7. The Morgan fingerprint density at radius 3 is 1.57 bits per heavy atom. The summed E-state index contributed by atoms with van der Waals surface area (Å²) in [6, 6.07) is -0.631. The molecule has 0 heterocycles. The van der Waals surface area contributed by atoms with Gasteiger partial charge in [-0.15, -0.1) is 0 Å². The van der Waals surface area contributed by atoms with Crippen LogP contribution in [0.4, 0.5) is 0 Å². The third kappa shape index (κ3) is 26.3. The number of hydrogen-bond acceptors (Lipinski definition) is 3. The van der Waals surface area contributed by atoms with Crippen molar-refractivity contribution in [3.63, 3.8) is 0 Å². The third-order valence-electron chi connectivity index (χ3n) is 7.19. The van der Waals surface area contributed by atoms with Crippen LogP contribution in [0.1, 0.15) is 162 Å². The summed E-state index contributed by atoms with van der Waals surface area (Å²) in [5.41, 5.74) is 0. The topological polar surface area (TPSA) is 69.6 Å². The van der Waals surface area contributed by atoms with Gasteiger partial charge in [0.1, 0.15) is 0 Å². The molecule has 2 atom stereocenters. The number of nitrogens with one attached hydrogen (secondary N) is 1. The summed E-state index contributed by atoms with van der Waals surface area (Å²) in [5.74, 6) is -0.0766. The number of hydrogen-bond donors (Lipinski definition) is 3. The van der Waals surface area contributed by atoms with Crippen LogP contribution in [0.2, 0.25) is 0 Å². The minimum Gasteiger partial charge on any atom is -0.394 e. The molecule has 0 rings (SSSR count). The van der Waals surface area contributed by atoms with E-state index in [-0.39, 0.29) is 12.5 Å². The highest BCUT2D eigenvalue weighted by molar-refractivity contribution is 5.76. The van der Waals surface area contributed by atoms with Crippen molar-refractivity contribution >= 4 is 5.91 Å². The number of carbonyl (C=O) groups is 1. The molecule has 0 saturated heterocycles. The molecule has 37 heavy (non-hydrogen) atoms. The lowest BCUT2D eigenvalue weighted by molar-refractivity contribution is -0.123. The minimum atomic E-state index is -0.854. The Bertz CT molecular complexity index is 532. The van der Waals surface area contributed by atoms with Crippen LogP contribution in [-0.2, 0) is 4.79 Å². The van der Waals surface area contributed by atoms with E-state index < -0.39 is 12.1 Å². The summed E-state index contributed by atoms with van der Waals surface area (Å²) in [6.45, 7) is 4.25. The average molecular weight is 522 g/mol. The lowest BCUT2D eigenvalue weighted by Gasteiger charge is -2.19. The van der Waals surface area contributed by atoms with Gasteiger partial charge in [0.25, 0.3) is 0 Å². The van der Waals surface area contributed by atoms with E-state index in [0.717, 1.165) is 32.1 Å². The maximum Gasteiger partial charge on any atom is 0.220 e. The van der Waals surface area contributed by atoms with Gasteiger partial charge in [-0.2, -0.15) is 0 Å². The van der Waals surface area contributed by atoms with Crippen molar-refractivity contribution in [3.05, 3.63) is 24.3 Å². The highest BCUT2D eigenvalue weighted by atomic mass is 16.3. The van der Waals surface area contributed by atoms with Crippen molar-refractivity contribution in [2.75, 3.05) is 6.61 Å².